The predicted octanol–water partition coefficient (Wildman–Crippen LogP) is 3.26. The molecule has 0 radical (unpaired) electrons. The Labute approximate surface area is 226 Å². The van der Waals surface area contributed by atoms with Gasteiger partial charge in [0.1, 0.15) is 28.6 Å². The highest BCUT2D eigenvalue weighted by Crippen LogP contribution is 2.37. The average molecular weight is 555 g/mol. The van der Waals surface area contributed by atoms with Gasteiger partial charge in [0.15, 0.2) is 21.5 Å². The Kier molecular flexibility index (Phi) is 8.29. The molecule has 2 atom stereocenters. The number of methoxy groups -OCH3 is 4. The molecule has 0 amide bonds. The Morgan fingerprint density at radius 1 is 0.821 bits per heavy atom. The standard InChI is InChI=1S/C26H30N6O6S/c1-16(19-13-28-24(38-6)14-27-19)17(2)39(33,34)15-22-30-31-26(18-9-7-12-23(29-18)37-5)32(22)25-20(35-3)10-8-11-21(25)36-4/h7-14,16-17H,15H2,1-6H3/t16-,17-/m0/s1. The van der Waals surface area contributed by atoms with Crippen molar-refractivity contribution in [1.29, 1.82) is 0 Å². The molecule has 12 nitrogen and oxygen atoms in total. The Morgan fingerprint density at radius 2 is 1.49 bits per heavy atom. The van der Waals surface area contributed by atoms with Gasteiger partial charge in [-0.2, -0.15) is 0 Å². The number of pyridine rings is 1. The van der Waals surface area contributed by atoms with E-state index in [1.165, 1.54) is 40.8 Å². The summed E-state index contributed by atoms with van der Waals surface area (Å²) in [4.78, 5) is 13.0. The molecular weight excluding hydrogens is 524 g/mol. The average Bonchev–Trinajstić information content (AvgIpc) is 3.37. The lowest BCUT2D eigenvalue weighted by molar-refractivity contribution is 0.390. The van der Waals surface area contributed by atoms with Crippen molar-refractivity contribution in [2.24, 2.45) is 0 Å². The zero-order valence-corrected chi connectivity index (χ0v) is 23.3. The van der Waals surface area contributed by atoms with Gasteiger partial charge in [-0.25, -0.2) is 18.4 Å². The topological polar surface area (TPSA) is 140 Å². The summed E-state index contributed by atoms with van der Waals surface area (Å²) in [5, 5.41) is 7.82. The molecule has 0 aliphatic heterocycles. The minimum atomic E-state index is -3.78. The molecule has 0 fully saturated rings. The van der Waals surface area contributed by atoms with Crippen molar-refractivity contribution in [3.8, 4) is 40.5 Å². The monoisotopic (exact) mass is 554 g/mol. The summed E-state index contributed by atoms with van der Waals surface area (Å²) < 4.78 is 50.6. The van der Waals surface area contributed by atoms with Crippen molar-refractivity contribution in [2.75, 3.05) is 28.4 Å². The zero-order valence-electron chi connectivity index (χ0n) is 22.5. The van der Waals surface area contributed by atoms with E-state index < -0.39 is 26.8 Å². The SMILES string of the molecule is COc1cnc([C@@H](C)[C@H](C)S(=O)(=O)Cc2nnc(-c3cccc(OC)n3)n2-c2c(OC)cccc2OC)cn1. The number of benzene rings is 1. The van der Waals surface area contributed by atoms with E-state index in [2.05, 4.69) is 25.1 Å². The molecular formula is C26H30N6O6S. The van der Waals surface area contributed by atoms with Crippen LogP contribution >= 0.6 is 0 Å². The van der Waals surface area contributed by atoms with E-state index >= 15 is 0 Å². The summed E-state index contributed by atoms with van der Waals surface area (Å²) in [5.74, 6) is 1.18. The van der Waals surface area contributed by atoms with Crippen LogP contribution < -0.4 is 18.9 Å². The largest absolute Gasteiger partial charge is 0.494 e. The third-order valence-corrected chi connectivity index (χ3v) is 8.64. The van der Waals surface area contributed by atoms with Crippen LogP contribution in [0.15, 0.2) is 48.8 Å². The smallest absolute Gasteiger partial charge is 0.231 e. The van der Waals surface area contributed by atoms with Gasteiger partial charge in [0.25, 0.3) is 0 Å². The Morgan fingerprint density at radius 3 is 2.08 bits per heavy atom. The van der Waals surface area contributed by atoms with Crippen molar-refractivity contribution in [3.63, 3.8) is 0 Å². The van der Waals surface area contributed by atoms with E-state index in [4.69, 9.17) is 18.9 Å². The van der Waals surface area contributed by atoms with E-state index in [1.54, 1.807) is 54.8 Å². The predicted molar refractivity (Wildman–Crippen MR) is 143 cm³/mol. The fourth-order valence-electron chi connectivity index (χ4n) is 4.05. The molecule has 0 N–H and O–H groups in total. The molecule has 0 saturated heterocycles. The van der Waals surface area contributed by atoms with E-state index in [0.29, 0.717) is 46.2 Å². The number of para-hydroxylation sites is 1. The number of aromatic nitrogens is 6. The number of sulfone groups is 1. The molecule has 4 aromatic rings. The second-order valence-corrected chi connectivity index (χ2v) is 11.0. The zero-order chi connectivity index (χ0) is 28.2. The molecule has 206 valence electrons. The maximum atomic E-state index is 13.7. The van der Waals surface area contributed by atoms with Crippen LogP contribution in [0.3, 0.4) is 0 Å². The number of nitrogens with zero attached hydrogens (tertiary/aromatic N) is 6. The van der Waals surface area contributed by atoms with E-state index in [1.807, 2.05) is 0 Å². The van der Waals surface area contributed by atoms with Crippen LogP contribution in [0.4, 0.5) is 0 Å². The lowest BCUT2D eigenvalue weighted by atomic mass is 10.1. The normalized spacial score (nSPS) is 13.0. The number of hydrogen-bond acceptors (Lipinski definition) is 11. The third-order valence-electron chi connectivity index (χ3n) is 6.44. The van der Waals surface area contributed by atoms with Crippen LogP contribution in [0, 0.1) is 0 Å². The van der Waals surface area contributed by atoms with Gasteiger partial charge in [-0.3, -0.25) is 9.55 Å². The van der Waals surface area contributed by atoms with Crippen LogP contribution in [-0.4, -0.2) is 71.8 Å². The van der Waals surface area contributed by atoms with E-state index in [9.17, 15) is 8.42 Å². The van der Waals surface area contributed by atoms with Crippen molar-refractivity contribution >= 4 is 9.84 Å². The van der Waals surface area contributed by atoms with Crippen molar-refractivity contribution < 1.29 is 27.4 Å². The summed E-state index contributed by atoms with van der Waals surface area (Å²) >= 11 is 0. The maximum Gasteiger partial charge on any atom is 0.231 e. The highest BCUT2D eigenvalue weighted by Gasteiger charge is 2.32. The highest BCUT2D eigenvalue weighted by atomic mass is 32.2. The highest BCUT2D eigenvalue weighted by molar-refractivity contribution is 7.91. The minimum Gasteiger partial charge on any atom is -0.494 e. The summed E-state index contributed by atoms with van der Waals surface area (Å²) in [5.41, 5.74) is 1.40. The Hall–Kier alpha value is -4.26. The van der Waals surface area contributed by atoms with Gasteiger partial charge >= 0.3 is 0 Å². The van der Waals surface area contributed by atoms with E-state index in [-0.39, 0.29) is 5.82 Å². The van der Waals surface area contributed by atoms with Crippen LogP contribution in [0.2, 0.25) is 0 Å². The Balaban J connectivity index is 1.82. The first-order chi connectivity index (χ1) is 18.7. The van der Waals surface area contributed by atoms with Crippen LogP contribution in [0.1, 0.15) is 31.3 Å². The second kappa shape index (κ2) is 11.6. The fourth-order valence-corrected chi connectivity index (χ4v) is 5.62. The van der Waals surface area contributed by atoms with Crippen LogP contribution in [0.25, 0.3) is 17.2 Å². The van der Waals surface area contributed by atoms with Gasteiger partial charge in [0.05, 0.1) is 51.8 Å². The molecule has 4 rings (SSSR count). The van der Waals surface area contributed by atoms with Crippen molar-refractivity contribution in [3.05, 3.63) is 60.3 Å². The minimum absolute atomic E-state index is 0.164. The first kappa shape index (κ1) is 27.8. The molecule has 0 bridgehead atoms. The molecule has 0 unspecified atom stereocenters. The lowest BCUT2D eigenvalue weighted by Crippen LogP contribution is -2.27. The second-order valence-electron chi connectivity index (χ2n) is 8.64. The van der Waals surface area contributed by atoms with Gasteiger partial charge in [0.2, 0.25) is 11.8 Å². The molecule has 0 spiro atoms. The third kappa shape index (κ3) is 5.62. The lowest BCUT2D eigenvalue weighted by Gasteiger charge is -2.21. The maximum absolute atomic E-state index is 13.7. The molecule has 13 heteroatoms. The molecule has 0 saturated carbocycles. The quantitative estimate of drug-likeness (QED) is 0.270. The van der Waals surface area contributed by atoms with Crippen molar-refractivity contribution in [1.82, 2.24) is 29.7 Å². The van der Waals surface area contributed by atoms with Crippen LogP contribution in [-0.2, 0) is 15.6 Å². The molecule has 3 aromatic heterocycles. The molecule has 0 aliphatic rings. The first-order valence-electron chi connectivity index (χ1n) is 12.0. The summed E-state index contributed by atoms with van der Waals surface area (Å²) in [6.45, 7) is 3.43. The summed E-state index contributed by atoms with van der Waals surface area (Å²) in [7, 11) is 2.25. The molecule has 1 aromatic carbocycles. The molecule has 3 heterocycles. The number of rotatable bonds is 11. The van der Waals surface area contributed by atoms with E-state index in [0.717, 1.165) is 0 Å². The van der Waals surface area contributed by atoms with Gasteiger partial charge in [0, 0.05) is 12.0 Å². The first-order valence-corrected chi connectivity index (χ1v) is 13.7. The Bertz CT molecular complexity index is 1520. The van der Waals surface area contributed by atoms with Gasteiger partial charge in [-0.15, -0.1) is 10.2 Å². The van der Waals surface area contributed by atoms with Gasteiger partial charge < -0.3 is 18.9 Å². The summed E-state index contributed by atoms with van der Waals surface area (Å²) in [6.07, 6.45) is 2.98. The molecule has 39 heavy (non-hydrogen) atoms. The van der Waals surface area contributed by atoms with Gasteiger partial charge in [-0.05, 0) is 25.1 Å². The fraction of sp³-hybridized carbons (Fsp3) is 0.346. The van der Waals surface area contributed by atoms with Gasteiger partial charge in [-0.1, -0.05) is 19.1 Å². The molecule has 0 aliphatic carbocycles. The number of ether oxygens (including phenoxy) is 4. The summed E-state index contributed by atoms with van der Waals surface area (Å²) in [6, 6.07) is 10.4. The van der Waals surface area contributed by atoms with Crippen LogP contribution in [0.5, 0.6) is 23.3 Å². The van der Waals surface area contributed by atoms with Crippen molar-refractivity contribution in [2.45, 2.75) is 30.8 Å². The number of hydrogen-bond donors (Lipinski definition) is 0.